The number of rotatable bonds is 4. The molecule has 0 aliphatic carbocycles. The van der Waals surface area contributed by atoms with Gasteiger partial charge in [-0.25, -0.2) is 9.79 Å². The van der Waals surface area contributed by atoms with Gasteiger partial charge in [-0.3, -0.25) is 0 Å². The molecule has 0 unspecified atom stereocenters. The van der Waals surface area contributed by atoms with Gasteiger partial charge in [0.25, 0.3) is 0 Å². The number of thioether (sulfide) groups is 1. The Morgan fingerprint density at radius 1 is 1.19 bits per heavy atom. The van der Waals surface area contributed by atoms with E-state index >= 15 is 0 Å². The third kappa shape index (κ3) is 4.26. The Kier molecular flexibility index (Phi) is 5.96. The van der Waals surface area contributed by atoms with E-state index in [1.54, 1.807) is 6.92 Å². The lowest BCUT2D eigenvalue weighted by Crippen LogP contribution is -2.12. The highest BCUT2D eigenvalue weighted by atomic mass is 79.9. The van der Waals surface area contributed by atoms with Crippen LogP contribution in [0.3, 0.4) is 0 Å². The number of benzene rings is 2. The Bertz CT molecular complexity index is 902. The summed E-state index contributed by atoms with van der Waals surface area (Å²) in [6.07, 6.45) is 1.82. The van der Waals surface area contributed by atoms with Crippen LogP contribution in [0.15, 0.2) is 80.3 Å². The molecule has 1 N–H and O–H groups in total. The van der Waals surface area contributed by atoms with Crippen LogP contribution in [0.1, 0.15) is 12.5 Å². The number of hydrogen-bond acceptors (Lipinski definition) is 5. The smallest absolute Gasteiger partial charge is 0.344 e. The Morgan fingerprint density at radius 2 is 1.88 bits per heavy atom. The summed E-state index contributed by atoms with van der Waals surface area (Å²) in [4.78, 5) is 17.4. The second-order valence-corrected chi connectivity index (χ2v) is 7.31. The summed E-state index contributed by atoms with van der Waals surface area (Å²) >= 11 is 4.65. The number of para-hydroxylation sites is 1. The predicted molar refractivity (Wildman–Crippen MR) is 110 cm³/mol. The van der Waals surface area contributed by atoms with Gasteiger partial charge >= 0.3 is 5.97 Å². The number of carbonyl (C=O) groups excluding carboxylic acids is 1. The van der Waals surface area contributed by atoms with Crippen molar-refractivity contribution in [3.63, 3.8) is 0 Å². The molecule has 0 spiro atoms. The van der Waals surface area contributed by atoms with E-state index in [1.807, 2.05) is 60.7 Å². The number of aliphatic imine (C=N–C) groups is 1. The first kappa shape index (κ1) is 18.5. The van der Waals surface area contributed by atoms with Crippen LogP contribution >= 0.6 is 27.7 Å². The molecule has 1 aliphatic heterocycles. The molecule has 0 aromatic heterocycles. The van der Waals surface area contributed by atoms with Crippen molar-refractivity contribution in [2.75, 3.05) is 6.61 Å². The van der Waals surface area contributed by atoms with E-state index in [9.17, 15) is 9.90 Å². The van der Waals surface area contributed by atoms with Gasteiger partial charge in [-0.1, -0.05) is 58.0 Å². The van der Waals surface area contributed by atoms with E-state index in [0.717, 1.165) is 10.0 Å². The molecular weight excluding hydrogens is 414 g/mol. The highest BCUT2D eigenvalue weighted by Crippen LogP contribution is 2.40. The van der Waals surface area contributed by atoms with Crippen LogP contribution in [0, 0.1) is 0 Å². The number of aliphatic hydroxyl groups excluding tert-OH is 1. The van der Waals surface area contributed by atoms with Gasteiger partial charge in [-0.2, -0.15) is 0 Å². The molecule has 0 amide bonds. The maximum atomic E-state index is 12.3. The third-order valence-corrected chi connectivity index (χ3v) is 5.07. The topological polar surface area (TPSA) is 58.9 Å². The molecule has 0 fully saturated rings. The van der Waals surface area contributed by atoms with Crippen LogP contribution in [0.4, 0.5) is 5.69 Å². The highest BCUT2D eigenvalue weighted by molar-refractivity contribution is 9.10. The minimum absolute atomic E-state index is 0.101. The van der Waals surface area contributed by atoms with Gasteiger partial charge in [0.05, 0.1) is 17.2 Å². The summed E-state index contributed by atoms with van der Waals surface area (Å²) in [5.74, 6) is -0.683. The van der Waals surface area contributed by atoms with Crippen molar-refractivity contribution >= 4 is 50.5 Å². The van der Waals surface area contributed by atoms with Crippen LogP contribution in [0.5, 0.6) is 0 Å². The largest absolute Gasteiger partial charge is 0.506 e. The van der Waals surface area contributed by atoms with Gasteiger partial charge in [0, 0.05) is 4.47 Å². The van der Waals surface area contributed by atoms with Crippen LogP contribution in [0.25, 0.3) is 6.08 Å². The van der Waals surface area contributed by atoms with Crippen molar-refractivity contribution in [2.24, 2.45) is 4.99 Å². The molecule has 0 saturated carbocycles. The van der Waals surface area contributed by atoms with Crippen LogP contribution in [-0.4, -0.2) is 22.7 Å². The lowest BCUT2D eigenvalue weighted by atomic mass is 10.1. The van der Waals surface area contributed by atoms with Crippen molar-refractivity contribution in [3.05, 3.63) is 80.9 Å². The number of ether oxygens (including phenoxy) is 1. The summed E-state index contributed by atoms with van der Waals surface area (Å²) < 4.78 is 6.06. The average Bonchev–Trinajstić information content (AvgIpc) is 2.93. The Labute approximate surface area is 164 Å². The minimum atomic E-state index is -0.577. The molecule has 0 saturated heterocycles. The molecular formula is C20H16BrNO3S. The molecule has 2 aromatic rings. The Balaban J connectivity index is 2.02. The first-order valence-electron chi connectivity index (χ1n) is 7.98. The van der Waals surface area contributed by atoms with E-state index < -0.39 is 5.97 Å². The molecule has 0 atom stereocenters. The van der Waals surface area contributed by atoms with Gasteiger partial charge < -0.3 is 9.84 Å². The summed E-state index contributed by atoms with van der Waals surface area (Å²) in [5, 5.41) is 11.0. The molecule has 0 bridgehead atoms. The fraction of sp³-hybridized carbons (Fsp3) is 0.100. The summed E-state index contributed by atoms with van der Waals surface area (Å²) in [5.41, 5.74) is 1.71. The molecule has 0 radical (unpaired) electrons. The predicted octanol–water partition coefficient (Wildman–Crippen LogP) is 5.64. The standard InChI is InChI=1S/C20H16BrNO3S/c1-2-25-20(24)17-18(23)16(12-13-8-10-14(21)11-9-13)26-19(17)22-15-6-4-3-5-7-15/h3-12,23H,2H2,1H3. The van der Waals surface area contributed by atoms with Crippen molar-refractivity contribution in [2.45, 2.75) is 6.92 Å². The van der Waals surface area contributed by atoms with Crippen LogP contribution < -0.4 is 0 Å². The number of nitrogens with zero attached hydrogens (tertiary/aromatic N) is 1. The zero-order chi connectivity index (χ0) is 18.5. The SMILES string of the molecule is CCOC(=O)C1=C(O)C(=Cc2ccc(Br)cc2)SC1=Nc1ccccc1. The quantitative estimate of drug-likeness (QED) is 0.638. The molecule has 3 rings (SSSR count). The maximum absolute atomic E-state index is 12.3. The summed E-state index contributed by atoms with van der Waals surface area (Å²) in [6.45, 7) is 1.95. The van der Waals surface area contributed by atoms with Crippen LogP contribution in [0.2, 0.25) is 0 Å². The lowest BCUT2D eigenvalue weighted by molar-refractivity contribution is -0.138. The number of aliphatic hydroxyl groups is 1. The van der Waals surface area contributed by atoms with Crippen molar-refractivity contribution in [1.29, 1.82) is 0 Å². The van der Waals surface area contributed by atoms with Gasteiger partial charge in [-0.15, -0.1) is 0 Å². The average molecular weight is 430 g/mol. The monoisotopic (exact) mass is 429 g/mol. The van der Waals surface area contributed by atoms with Crippen molar-refractivity contribution in [1.82, 2.24) is 0 Å². The lowest BCUT2D eigenvalue weighted by Gasteiger charge is -2.03. The fourth-order valence-corrected chi connectivity index (χ4v) is 3.62. The first-order valence-corrected chi connectivity index (χ1v) is 9.59. The number of halogens is 1. The molecule has 132 valence electrons. The van der Waals surface area contributed by atoms with Crippen LogP contribution in [-0.2, 0) is 9.53 Å². The molecule has 1 aliphatic rings. The minimum Gasteiger partial charge on any atom is -0.506 e. The second-order valence-electron chi connectivity index (χ2n) is 5.36. The van der Waals surface area contributed by atoms with Crippen molar-refractivity contribution < 1.29 is 14.6 Å². The Hall–Kier alpha value is -2.31. The van der Waals surface area contributed by atoms with E-state index in [2.05, 4.69) is 20.9 Å². The zero-order valence-corrected chi connectivity index (χ0v) is 16.4. The van der Waals surface area contributed by atoms with Gasteiger partial charge in [-0.05, 0) is 42.8 Å². The third-order valence-electron chi connectivity index (χ3n) is 3.52. The second kappa shape index (κ2) is 8.38. The van der Waals surface area contributed by atoms with E-state index in [-0.39, 0.29) is 17.9 Å². The van der Waals surface area contributed by atoms with E-state index in [4.69, 9.17) is 4.74 Å². The molecule has 6 heteroatoms. The van der Waals surface area contributed by atoms with Crippen molar-refractivity contribution in [3.8, 4) is 0 Å². The summed E-state index contributed by atoms with van der Waals surface area (Å²) in [6, 6.07) is 17.0. The molecule has 26 heavy (non-hydrogen) atoms. The van der Waals surface area contributed by atoms with E-state index in [1.165, 1.54) is 11.8 Å². The number of esters is 1. The first-order chi connectivity index (χ1) is 12.6. The normalized spacial score (nSPS) is 17.2. The number of carbonyl (C=O) groups is 1. The molecule has 2 aromatic carbocycles. The Morgan fingerprint density at radius 3 is 2.54 bits per heavy atom. The van der Waals surface area contributed by atoms with Gasteiger partial charge in [0.15, 0.2) is 0 Å². The summed E-state index contributed by atoms with van der Waals surface area (Å²) in [7, 11) is 0. The number of hydrogen-bond donors (Lipinski definition) is 1. The highest BCUT2D eigenvalue weighted by Gasteiger charge is 2.33. The fourth-order valence-electron chi connectivity index (χ4n) is 2.32. The van der Waals surface area contributed by atoms with Gasteiger partial charge in [0.1, 0.15) is 16.4 Å². The van der Waals surface area contributed by atoms with Gasteiger partial charge in [0.2, 0.25) is 0 Å². The zero-order valence-electron chi connectivity index (χ0n) is 14.0. The molecule has 1 heterocycles. The van der Waals surface area contributed by atoms with E-state index in [0.29, 0.717) is 15.6 Å². The molecule has 4 nitrogen and oxygen atoms in total. The maximum Gasteiger partial charge on any atom is 0.344 e.